The first-order chi connectivity index (χ1) is 15.9. The lowest BCUT2D eigenvalue weighted by molar-refractivity contribution is -0.385. The van der Waals surface area contributed by atoms with Gasteiger partial charge in [0, 0.05) is 11.6 Å². The van der Waals surface area contributed by atoms with Crippen molar-refractivity contribution in [3.05, 3.63) is 74.8 Å². The molecule has 33 heavy (non-hydrogen) atoms. The number of nitro groups is 1. The van der Waals surface area contributed by atoms with Gasteiger partial charge in [0.2, 0.25) is 0 Å². The van der Waals surface area contributed by atoms with Crippen LogP contribution in [0.15, 0.2) is 42.5 Å². The second-order valence-electron chi connectivity index (χ2n) is 8.11. The van der Waals surface area contributed by atoms with E-state index in [1.807, 2.05) is 0 Å². The van der Waals surface area contributed by atoms with Crippen LogP contribution in [0.1, 0.15) is 90.1 Å². The van der Waals surface area contributed by atoms with Gasteiger partial charge < -0.3 is 9.47 Å². The molecule has 0 aromatic heterocycles. The molecule has 0 amide bonds. The van der Waals surface area contributed by atoms with E-state index in [-0.39, 0.29) is 23.4 Å². The number of rotatable bonds is 14. The summed E-state index contributed by atoms with van der Waals surface area (Å²) in [5.41, 5.74) is 1.42. The van der Waals surface area contributed by atoms with E-state index < -0.39 is 16.9 Å². The van der Waals surface area contributed by atoms with Gasteiger partial charge in [0.05, 0.1) is 22.7 Å². The predicted molar refractivity (Wildman–Crippen MR) is 126 cm³/mol. The maximum Gasteiger partial charge on any atom is 0.339 e. The monoisotopic (exact) mass is 455 g/mol. The molecule has 178 valence electrons. The Hall–Kier alpha value is -3.22. The van der Waals surface area contributed by atoms with Crippen molar-refractivity contribution in [2.24, 2.45) is 0 Å². The van der Waals surface area contributed by atoms with Gasteiger partial charge in [-0.1, -0.05) is 64.0 Å². The number of hydrogen-bond acceptors (Lipinski definition) is 6. The zero-order chi connectivity index (χ0) is 24.1. The van der Waals surface area contributed by atoms with Gasteiger partial charge in [-0.25, -0.2) is 9.59 Å². The molecule has 2 aromatic carbocycles. The van der Waals surface area contributed by atoms with Crippen LogP contribution < -0.4 is 0 Å². The lowest BCUT2D eigenvalue weighted by Crippen LogP contribution is -2.14. The van der Waals surface area contributed by atoms with Crippen molar-refractivity contribution in [2.45, 2.75) is 71.8 Å². The highest BCUT2D eigenvalue weighted by Crippen LogP contribution is 2.20. The summed E-state index contributed by atoms with van der Waals surface area (Å²) in [7, 11) is 0. The molecule has 0 atom stereocenters. The minimum atomic E-state index is -0.648. The van der Waals surface area contributed by atoms with Crippen LogP contribution in [0.4, 0.5) is 5.69 Å². The van der Waals surface area contributed by atoms with Crippen molar-refractivity contribution < 1.29 is 24.0 Å². The first kappa shape index (κ1) is 26.0. The Labute approximate surface area is 195 Å². The van der Waals surface area contributed by atoms with Gasteiger partial charge in [-0.2, -0.15) is 0 Å². The van der Waals surface area contributed by atoms with Crippen LogP contribution in [0.25, 0.3) is 0 Å². The minimum Gasteiger partial charge on any atom is -0.462 e. The van der Waals surface area contributed by atoms with Crippen molar-refractivity contribution >= 4 is 17.6 Å². The molecule has 2 aromatic rings. The molecule has 0 radical (unpaired) electrons. The quantitative estimate of drug-likeness (QED) is 0.139. The van der Waals surface area contributed by atoms with E-state index >= 15 is 0 Å². The molecule has 0 spiro atoms. The van der Waals surface area contributed by atoms with Crippen LogP contribution in [-0.4, -0.2) is 23.5 Å². The number of nitrogens with zero attached hydrogens (tertiary/aromatic N) is 1. The summed E-state index contributed by atoms with van der Waals surface area (Å²) in [6.07, 6.45) is 9.20. The average molecular weight is 456 g/mol. The standard InChI is InChI=1S/C26H33NO6/c1-3-4-5-6-7-8-9-12-17-32-25(28)22-13-10-11-14-23(22)26(29)33-19-21-15-16-24(27(30)31)20(2)18-21/h10-11,13-16,18H,3-9,12,17,19H2,1-2H3. The number of esters is 2. The van der Waals surface area contributed by atoms with Gasteiger partial charge in [0.1, 0.15) is 6.61 Å². The summed E-state index contributed by atoms with van der Waals surface area (Å²) in [6, 6.07) is 10.9. The highest BCUT2D eigenvalue weighted by atomic mass is 16.6. The predicted octanol–water partition coefficient (Wildman–Crippen LogP) is 6.56. The summed E-state index contributed by atoms with van der Waals surface area (Å²) < 4.78 is 10.7. The summed E-state index contributed by atoms with van der Waals surface area (Å²) in [5, 5.41) is 10.9. The van der Waals surface area contributed by atoms with Crippen LogP contribution in [0, 0.1) is 17.0 Å². The Kier molecular flexibility index (Phi) is 11.1. The number of benzene rings is 2. The van der Waals surface area contributed by atoms with Crippen molar-refractivity contribution in [1.29, 1.82) is 0 Å². The molecule has 0 bridgehead atoms. The highest BCUT2D eigenvalue weighted by molar-refractivity contribution is 6.03. The summed E-state index contributed by atoms with van der Waals surface area (Å²) >= 11 is 0. The molecule has 0 aliphatic carbocycles. The molecule has 7 heteroatoms. The first-order valence-electron chi connectivity index (χ1n) is 11.6. The fourth-order valence-electron chi connectivity index (χ4n) is 3.56. The molecule has 0 aliphatic heterocycles. The highest BCUT2D eigenvalue weighted by Gasteiger charge is 2.19. The van der Waals surface area contributed by atoms with Crippen LogP contribution in [0.3, 0.4) is 0 Å². The molecule has 0 fully saturated rings. The fraction of sp³-hybridized carbons (Fsp3) is 0.462. The topological polar surface area (TPSA) is 95.7 Å². The lowest BCUT2D eigenvalue weighted by Gasteiger charge is -2.10. The molecular weight excluding hydrogens is 422 g/mol. The SMILES string of the molecule is CCCCCCCCCCOC(=O)c1ccccc1C(=O)OCc1ccc([N+](=O)[O-])c(C)c1. The first-order valence-corrected chi connectivity index (χ1v) is 11.6. The van der Waals surface area contributed by atoms with Crippen molar-refractivity contribution in [3.8, 4) is 0 Å². The Morgan fingerprint density at radius 2 is 1.42 bits per heavy atom. The van der Waals surface area contributed by atoms with Gasteiger partial charge in [-0.3, -0.25) is 10.1 Å². The second kappa shape index (κ2) is 14.0. The number of nitro benzene ring substituents is 1. The lowest BCUT2D eigenvalue weighted by atomic mass is 10.1. The normalized spacial score (nSPS) is 10.6. The number of aryl methyl sites for hydroxylation is 1. The van der Waals surface area contributed by atoms with Crippen molar-refractivity contribution in [1.82, 2.24) is 0 Å². The Morgan fingerprint density at radius 1 is 0.848 bits per heavy atom. The Morgan fingerprint density at radius 3 is 2.00 bits per heavy atom. The molecule has 0 saturated heterocycles. The third kappa shape index (κ3) is 8.67. The third-order valence-corrected chi connectivity index (χ3v) is 5.43. The van der Waals surface area contributed by atoms with Crippen molar-refractivity contribution in [2.75, 3.05) is 6.61 Å². The van der Waals surface area contributed by atoms with E-state index in [0.29, 0.717) is 17.7 Å². The van der Waals surface area contributed by atoms with E-state index in [4.69, 9.17) is 9.47 Å². The van der Waals surface area contributed by atoms with E-state index in [1.54, 1.807) is 37.3 Å². The van der Waals surface area contributed by atoms with Gasteiger partial charge in [0.15, 0.2) is 0 Å². The van der Waals surface area contributed by atoms with Crippen LogP contribution in [0.2, 0.25) is 0 Å². The number of unbranched alkanes of at least 4 members (excludes halogenated alkanes) is 7. The molecule has 0 heterocycles. The molecular formula is C26H33NO6. The van der Waals surface area contributed by atoms with Gasteiger partial charge in [-0.05, 0) is 43.2 Å². The second-order valence-corrected chi connectivity index (χ2v) is 8.11. The summed E-state index contributed by atoms with van der Waals surface area (Å²) in [4.78, 5) is 35.6. The number of carbonyl (C=O) groups is 2. The zero-order valence-corrected chi connectivity index (χ0v) is 19.5. The van der Waals surface area contributed by atoms with Gasteiger partial charge in [0.25, 0.3) is 5.69 Å². The third-order valence-electron chi connectivity index (χ3n) is 5.43. The van der Waals surface area contributed by atoms with Crippen molar-refractivity contribution in [3.63, 3.8) is 0 Å². The minimum absolute atomic E-state index is 0.00895. The molecule has 0 N–H and O–H groups in total. The Balaban J connectivity index is 1.83. The van der Waals surface area contributed by atoms with Gasteiger partial charge in [-0.15, -0.1) is 0 Å². The van der Waals surface area contributed by atoms with E-state index in [0.717, 1.165) is 19.3 Å². The van der Waals surface area contributed by atoms with E-state index in [2.05, 4.69) is 6.92 Å². The van der Waals surface area contributed by atoms with Crippen LogP contribution in [0.5, 0.6) is 0 Å². The molecule has 0 saturated carbocycles. The maximum absolute atomic E-state index is 12.6. The zero-order valence-electron chi connectivity index (χ0n) is 19.5. The molecule has 0 aliphatic rings. The Bertz CT molecular complexity index is 940. The number of carbonyl (C=O) groups excluding carboxylic acids is 2. The van der Waals surface area contributed by atoms with E-state index in [1.165, 1.54) is 44.2 Å². The maximum atomic E-state index is 12.6. The summed E-state index contributed by atoms with van der Waals surface area (Å²) in [5.74, 6) is -1.19. The number of hydrogen-bond donors (Lipinski definition) is 0. The van der Waals surface area contributed by atoms with Gasteiger partial charge >= 0.3 is 11.9 Å². The molecule has 7 nitrogen and oxygen atoms in total. The fourth-order valence-corrected chi connectivity index (χ4v) is 3.56. The average Bonchev–Trinajstić information content (AvgIpc) is 2.81. The smallest absolute Gasteiger partial charge is 0.339 e. The largest absolute Gasteiger partial charge is 0.462 e. The van der Waals surface area contributed by atoms with E-state index in [9.17, 15) is 19.7 Å². The van der Waals surface area contributed by atoms with Crippen LogP contribution >= 0.6 is 0 Å². The number of ether oxygens (including phenoxy) is 2. The summed E-state index contributed by atoms with van der Waals surface area (Å²) in [6.45, 7) is 4.09. The molecule has 0 unspecified atom stereocenters. The van der Waals surface area contributed by atoms with Crippen LogP contribution in [-0.2, 0) is 16.1 Å². The molecule has 2 rings (SSSR count).